The lowest BCUT2D eigenvalue weighted by atomic mass is 10.1. The Hall–Kier alpha value is -1.61. The van der Waals surface area contributed by atoms with Crippen molar-refractivity contribution in [3.8, 4) is 0 Å². The van der Waals surface area contributed by atoms with Gasteiger partial charge in [0.2, 0.25) is 0 Å². The Morgan fingerprint density at radius 1 is 1.17 bits per heavy atom. The number of benzene rings is 1. The lowest BCUT2D eigenvalue weighted by molar-refractivity contribution is 0.123. The molecule has 1 aromatic rings. The van der Waals surface area contributed by atoms with Crippen molar-refractivity contribution in [3.05, 3.63) is 65.4 Å². The molecular formula is C14H12ClF2N. The first kappa shape index (κ1) is 12.8. The van der Waals surface area contributed by atoms with Crippen molar-refractivity contribution < 1.29 is 8.78 Å². The van der Waals surface area contributed by atoms with Gasteiger partial charge in [-0.25, -0.2) is 8.78 Å². The van der Waals surface area contributed by atoms with Crippen LogP contribution >= 0.6 is 11.6 Å². The van der Waals surface area contributed by atoms with Crippen molar-refractivity contribution in [2.75, 3.05) is 6.54 Å². The van der Waals surface area contributed by atoms with E-state index in [2.05, 4.69) is 6.58 Å². The normalized spacial score (nSPS) is 15.8. The summed E-state index contributed by atoms with van der Waals surface area (Å²) in [4.78, 5) is 1.45. The molecule has 1 aliphatic rings. The minimum Gasteiger partial charge on any atom is -0.334 e. The highest BCUT2D eigenvalue weighted by Crippen LogP contribution is 2.32. The monoisotopic (exact) mass is 267 g/mol. The zero-order valence-electron chi connectivity index (χ0n) is 9.61. The highest BCUT2D eigenvalue weighted by Gasteiger charge is 2.22. The Kier molecular flexibility index (Phi) is 3.82. The number of halogens is 3. The molecule has 0 spiro atoms. The fourth-order valence-electron chi connectivity index (χ4n) is 1.82. The van der Waals surface area contributed by atoms with E-state index in [0.717, 1.165) is 5.56 Å². The lowest BCUT2D eigenvalue weighted by Gasteiger charge is -2.31. The third-order valence-corrected chi connectivity index (χ3v) is 3.01. The van der Waals surface area contributed by atoms with Gasteiger partial charge in [-0.3, -0.25) is 0 Å². The smallest absolute Gasteiger partial charge is 0.256 e. The molecule has 0 amide bonds. The van der Waals surface area contributed by atoms with Crippen LogP contribution < -0.4 is 0 Å². The lowest BCUT2D eigenvalue weighted by Crippen LogP contribution is -2.28. The maximum absolute atomic E-state index is 12.6. The second-order valence-corrected chi connectivity index (χ2v) is 4.29. The molecule has 0 radical (unpaired) electrons. The van der Waals surface area contributed by atoms with Crippen molar-refractivity contribution in [1.29, 1.82) is 0 Å². The van der Waals surface area contributed by atoms with E-state index >= 15 is 0 Å². The largest absolute Gasteiger partial charge is 0.334 e. The van der Waals surface area contributed by atoms with Gasteiger partial charge < -0.3 is 4.90 Å². The first-order chi connectivity index (χ1) is 8.59. The number of hydrogen-bond donors (Lipinski definition) is 0. The summed E-state index contributed by atoms with van der Waals surface area (Å²) < 4.78 is 25.3. The first-order valence-electron chi connectivity index (χ1n) is 5.47. The predicted molar refractivity (Wildman–Crippen MR) is 70.2 cm³/mol. The summed E-state index contributed by atoms with van der Waals surface area (Å²) in [5.74, 6) is 0. The van der Waals surface area contributed by atoms with E-state index in [4.69, 9.17) is 11.6 Å². The van der Waals surface area contributed by atoms with Gasteiger partial charge in [-0.2, -0.15) is 0 Å². The minimum atomic E-state index is -2.45. The summed E-state index contributed by atoms with van der Waals surface area (Å²) in [6.07, 6.45) is 0.958. The predicted octanol–water partition coefficient (Wildman–Crippen LogP) is 4.24. The summed E-state index contributed by atoms with van der Waals surface area (Å²) in [7, 11) is 0. The second kappa shape index (κ2) is 5.36. The van der Waals surface area contributed by atoms with Crippen molar-refractivity contribution in [3.63, 3.8) is 0 Å². The summed E-state index contributed by atoms with van der Waals surface area (Å²) in [5.41, 5.74) is 1.95. The number of hydrogen-bond acceptors (Lipinski definition) is 1. The van der Waals surface area contributed by atoms with Gasteiger partial charge in [0.1, 0.15) is 0 Å². The molecule has 0 fully saturated rings. The number of rotatable bonds is 3. The van der Waals surface area contributed by atoms with E-state index in [-0.39, 0.29) is 0 Å². The molecule has 0 saturated carbocycles. The molecule has 0 aliphatic carbocycles. The van der Waals surface area contributed by atoms with Crippen LogP contribution in [0.25, 0.3) is 5.70 Å². The Morgan fingerprint density at radius 3 is 2.44 bits per heavy atom. The fourth-order valence-corrected chi connectivity index (χ4v) is 1.99. The van der Waals surface area contributed by atoms with Crippen LogP contribution in [-0.2, 0) is 0 Å². The average Bonchev–Trinajstić information content (AvgIpc) is 2.36. The zero-order valence-corrected chi connectivity index (χ0v) is 10.4. The van der Waals surface area contributed by atoms with Crippen LogP contribution in [-0.4, -0.2) is 17.9 Å². The number of allylic oxidation sites excluding steroid dienone is 3. The number of nitrogens with zero attached hydrogens (tertiary/aromatic N) is 1. The quantitative estimate of drug-likeness (QED) is 0.792. The molecule has 94 valence electrons. The Labute approximate surface area is 110 Å². The first-order valence-corrected chi connectivity index (χ1v) is 5.85. The van der Waals surface area contributed by atoms with E-state index in [9.17, 15) is 8.78 Å². The van der Waals surface area contributed by atoms with Gasteiger partial charge in [0.15, 0.2) is 0 Å². The summed E-state index contributed by atoms with van der Waals surface area (Å²) in [5, 5.41) is 0.385. The molecule has 1 nitrogen and oxygen atoms in total. The van der Waals surface area contributed by atoms with E-state index in [1.807, 2.05) is 30.3 Å². The highest BCUT2D eigenvalue weighted by atomic mass is 35.5. The van der Waals surface area contributed by atoms with Gasteiger partial charge >= 0.3 is 0 Å². The zero-order chi connectivity index (χ0) is 13.1. The molecule has 0 atom stereocenters. The molecule has 18 heavy (non-hydrogen) atoms. The van der Waals surface area contributed by atoms with Crippen LogP contribution in [0.1, 0.15) is 5.56 Å². The van der Waals surface area contributed by atoms with Crippen LogP contribution in [0, 0.1) is 0 Å². The molecule has 0 saturated heterocycles. The van der Waals surface area contributed by atoms with Gasteiger partial charge in [0.05, 0.1) is 17.3 Å². The van der Waals surface area contributed by atoms with Crippen LogP contribution in [0.15, 0.2) is 59.8 Å². The van der Waals surface area contributed by atoms with Crippen LogP contribution in [0.4, 0.5) is 8.78 Å². The third-order valence-electron chi connectivity index (χ3n) is 2.67. The molecule has 1 heterocycles. The van der Waals surface area contributed by atoms with E-state index < -0.39 is 13.0 Å². The average molecular weight is 268 g/mol. The summed E-state index contributed by atoms with van der Waals surface area (Å²) in [6, 6.07) is 9.33. The van der Waals surface area contributed by atoms with Crippen LogP contribution in [0.2, 0.25) is 0 Å². The Bertz CT molecular complexity index is 506. The molecular weight excluding hydrogens is 256 g/mol. The molecule has 0 bridgehead atoms. The molecule has 1 aromatic carbocycles. The summed E-state index contributed by atoms with van der Waals surface area (Å²) >= 11 is 5.93. The molecule has 2 rings (SSSR count). The highest BCUT2D eigenvalue weighted by molar-refractivity contribution is 6.32. The van der Waals surface area contributed by atoms with Crippen LogP contribution in [0.5, 0.6) is 0 Å². The standard InChI is InChI=1S/C14H12ClF2N/c1-10-12(15)7-8-13(18(10)9-14(16)17)11-5-3-2-4-6-11/h2-8,14H,1,9H2. The van der Waals surface area contributed by atoms with Crippen molar-refractivity contribution >= 4 is 17.3 Å². The van der Waals surface area contributed by atoms with Gasteiger partial charge in [-0.15, -0.1) is 0 Å². The van der Waals surface area contributed by atoms with E-state index in [0.29, 0.717) is 16.4 Å². The fraction of sp³-hybridized carbons (Fsp3) is 0.143. The Balaban J connectivity index is 2.39. The second-order valence-electron chi connectivity index (χ2n) is 3.88. The van der Waals surface area contributed by atoms with Crippen LogP contribution in [0.3, 0.4) is 0 Å². The number of alkyl halides is 2. The molecule has 1 aliphatic heterocycles. The maximum atomic E-state index is 12.6. The molecule has 0 N–H and O–H groups in total. The SMILES string of the molecule is C=C1C(Cl)=CC=C(c2ccccc2)N1CC(F)F. The van der Waals surface area contributed by atoms with Crippen molar-refractivity contribution in [1.82, 2.24) is 4.90 Å². The van der Waals surface area contributed by atoms with Gasteiger partial charge in [0, 0.05) is 5.70 Å². The van der Waals surface area contributed by atoms with E-state index in [1.54, 1.807) is 12.2 Å². The van der Waals surface area contributed by atoms with Crippen molar-refractivity contribution in [2.24, 2.45) is 0 Å². The minimum absolute atomic E-state index is 0.385. The van der Waals surface area contributed by atoms with Gasteiger partial charge in [0.25, 0.3) is 6.43 Å². The van der Waals surface area contributed by atoms with Crippen molar-refractivity contribution in [2.45, 2.75) is 6.43 Å². The van der Waals surface area contributed by atoms with Gasteiger partial charge in [-0.1, -0.05) is 48.5 Å². The third kappa shape index (κ3) is 2.62. The molecule has 0 aromatic heterocycles. The maximum Gasteiger partial charge on any atom is 0.256 e. The Morgan fingerprint density at radius 2 is 1.83 bits per heavy atom. The molecule has 0 unspecified atom stereocenters. The summed E-state index contributed by atoms with van der Waals surface area (Å²) in [6.45, 7) is 3.34. The topological polar surface area (TPSA) is 3.24 Å². The van der Waals surface area contributed by atoms with Gasteiger partial charge in [-0.05, 0) is 17.7 Å². The molecule has 4 heteroatoms. The van der Waals surface area contributed by atoms with E-state index in [1.165, 1.54) is 4.90 Å².